The van der Waals surface area contributed by atoms with Gasteiger partial charge in [-0.2, -0.15) is 0 Å². The smallest absolute Gasteiger partial charge is 0.126 e. The van der Waals surface area contributed by atoms with Crippen molar-refractivity contribution >= 4 is 0 Å². The molecule has 0 atom stereocenters. The lowest BCUT2D eigenvalue weighted by Gasteiger charge is -2.36. The van der Waals surface area contributed by atoms with Gasteiger partial charge in [-0.15, -0.1) is 0 Å². The van der Waals surface area contributed by atoms with Crippen molar-refractivity contribution in [3.63, 3.8) is 0 Å². The molecule has 0 unspecified atom stereocenters. The molecule has 0 N–H and O–H groups in total. The lowest BCUT2D eigenvalue weighted by atomic mass is 9.93. The molecule has 0 saturated carbocycles. The first-order valence-corrected chi connectivity index (χ1v) is 8.04. The van der Waals surface area contributed by atoms with Crippen molar-refractivity contribution < 1.29 is 22.3 Å². The fourth-order valence-electron chi connectivity index (χ4n) is 3.23. The Hall–Kier alpha value is -1.88. The molecule has 1 nitrogen and oxygen atoms in total. The van der Waals surface area contributed by atoms with Crippen LogP contribution in [0.15, 0.2) is 36.4 Å². The Kier molecular flexibility index (Phi) is 5.57. The van der Waals surface area contributed by atoms with Gasteiger partial charge in [-0.25, -0.2) is 17.6 Å². The van der Waals surface area contributed by atoms with Crippen molar-refractivity contribution in [2.24, 2.45) is 0 Å². The number of hydrogen-bond donors (Lipinski definition) is 0. The Labute approximate surface area is 145 Å². The van der Waals surface area contributed by atoms with Crippen LogP contribution in [0.5, 0.6) is 0 Å². The maximum Gasteiger partial charge on any atom is 0.126 e. The zero-order chi connectivity index (χ0) is 18.8. The molecular weight excluding hydrogens is 332 g/mol. The van der Waals surface area contributed by atoms with E-state index in [4.69, 9.17) is 4.74 Å². The standard InChI is InChI=1S/C20H22F4O/c1-19(2,11-13-5-15(21)9-16(22)6-13)25-20(3,4)12-14-7-17(23)10-18(24)8-14/h5-10H,11-12H2,1-4H3. The van der Waals surface area contributed by atoms with Crippen molar-refractivity contribution in [3.05, 3.63) is 70.8 Å². The SMILES string of the molecule is CC(C)(Cc1cc(F)cc(F)c1)OC(C)(C)Cc1cc(F)cc(F)c1. The minimum Gasteiger partial charge on any atom is -0.369 e. The predicted octanol–water partition coefficient (Wildman–Crippen LogP) is 5.60. The molecule has 0 saturated heterocycles. The van der Waals surface area contributed by atoms with E-state index in [1.165, 1.54) is 24.3 Å². The first-order valence-electron chi connectivity index (χ1n) is 8.04. The number of ether oxygens (including phenoxy) is 1. The van der Waals surface area contributed by atoms with Gasteiger partial charge in [0.25, 0.3) is 0 Å². The molecule has 2 aromatic carbocycles. The molecule has 0 radical (unpaired) electrons. The van der Waals surface area contributed by atoms with Crippen LogP contribution in [0.25, 0.3) is 0 Å². The Morgan fingerprint density at radius 1 is 0.600 bits per heavy atom. The third-order valence-electron chi connectivity index (χ3n) is 3.66. The molecule has 0 aliphatic rings. The first kappa shape index (κ1) is 19.4. The molecule has 0 aliphatic carbocycles. The van der Waals surface area contributed by atoms with Crippen LogP contribution >= 0.6 is 0 Å². The van der Waals surface area contributed by atoms with Crippen LogP contribution in [-0.4, -0.2) is 11.2 Å². The van der Waals surface area contributed by atoms with Crippen molar-refractivity contribution in [3.8, 4) is 0 Å². The van der Waals surface area contributed by atoms with Crippen LogP contribution in [0.4, 0.5) is 17.6 Å². The topological polar surface area (TPSA) is 9.23 Å². The van der Waals surface area contributed by atoms with Gasteiger partial charge in [-0.05, 0) is 63.1 Å². The summed E-state index contributed by atoms with van der Waals surface area (Å²) in [4.78, 5) is 0. The molecule has 2 aromatic rings. The molecule has 2 rings (SSSR count). The van der Waals surface area contributed by atoms with Crippen LogP contribution in [0.3, 0.4) is 0 Å². The van der Waals surface area contributed by atoms with Gasteiger partial charge in [0, 0.05) is 25.0 Å². The fourth-order valence-corrected chi connectivity index (χ4v) is 3.23. The van der Waals surface area contributed by atoms with E-state index in [1.807, 2.05) is 27.7 Å². The Morgan fingerprint density at radius 2 is 0.880 bits per heavy atom. The summed E-state index contributed by atoms with van der Waals surface area (Å²) in [5, 5.41) is 0. The van der Waals surface area contributed by atoms with Gasteiger partial charge >= 0.3 is 0 Å². The summed E-state index contributed by atoms with van der Waals surface area (Å²) in [6.07, 6.45) is 0.589. The third kappa shape index (κ3) is 6.16. The van der Waals surface area contributed by atoms with E-state index in [0.717, 1.165) is 12.1 Å². The van der Waals surface area contributed by atoms with E-state index >= 15 is 0 Å². The van der Waals surface area contributed by atoms with Crippen molar-refractivity contribution in [1.29, 1.82) is 0 Å². The Bertz CT molecular complexity index is 649. The summed E-state index contributed by atoms with van der Waals surface area (Å²) in [5.41, 5.74) is -0.490. The van der Waals surface area contributed by atoms with Crippen LogP contribution in [0, 0.1) is 23.3 Å². The molecular formula is C20H22F4O. The number of benzene rings is 2. The summed E-state index contributed by atoms with van der Waals surface area (Å²) in [6.45, 7) is 7.24. The molecule has 0 heterocycles. The summed E-state index contributed by atoms with van der Waals surface area (Å²) >= 11 is 0. The minimum absolute atomic E-state index is 0.294. The quantitative estimate of drug-likeness (QED) is 0.614. The molecule has 0 bridgehead atoms. The average molecular weight is 354 g/mol. The minimum atomic E-state index is -0.727. The van der Waals surface area contributed by atoms with E-state index in [-0.39, 0.29) is 0 Å². The Morgan fingerprint density at radius 3 is 1.16 bits per heavy atom. The van der Waals surface area contributed by atoms with Crippen molar-refractivity contribution in [2.75, 3.05) is 0 Å². The van der Waals surface area contributed by atoms with Gasteiger partial charge in [-0.1, -0.05) is 0 Å². The average Bonchev–Trinajstić information content (AvgIpc) is 2.31. The van der Waals surface area contributed by atoms with Crippen LogP contribution < -0.4 is 0 Å². The first-order chi connectivity index (χ1) is 11.4. The zero-order valence-corrected chi connectivity index (χ0v) is 14.8. The number of hydrogen-bond acceptors (Lipinski definition) is 1. The van der Waals surface area contributed by atoms with Crippen molar-refractivity contribution in [1.82, 2.24) is 0 Å². The van der Waals surface area contributed by atoms with Gasteiger partial charge in [0.15, 0.2) is 0 Å². The van der Waals surface area contributed by atoms with Gasteiger partial charge in [0.2, 0.25) is 0 Å². The monoisotopic (exact) mass is 354 g/mol. The van der Waals surface area contributed by atoms with Gasteiger partial charge in [-0.3, -0.25) is 0 Å². The Balaban J connectivity index is 2.11. The van der Waals surface area contributed by atoms with E-state index in [1.54, 1.807) is 0 Å². The fraction of sp³-hybridized carbons (Fsp3) is 0.400. The van der Waals surface area contributed by atoms with E-state index < -0.39 is 34.5 Å². The second kappa shape index (κ2) is 7.16. The second-order valence-corrected chi connectivity index (χ2v) is 7.53. The molecule has 0 aromatic heterocycles. The molecule has 25 heavy (non-hydrogen) atoms. The molecule has 0 amide bonds. The van der Waals surface area contributed by atoms with E-state index in [2.05, 4.69) is 0 Å². The maximum absolute atomic E-state index is 13.4. The van der Waals surface area contributed by atoms with Crippen LogP contribution in [-0.2, 0) is 17.6 Å². The second-order valence-electron chi connectivity index (χ2n) is 7.53. The van der Waals surface area contributed by atoms with Gasteiger partial charge in [0.05, 0.1) is 11.2 Å². The van der Waals surface area contributed by atoms with Gasteiger partial charge < -0.3 is 4.74 Å². The summed E-state index contributed by atoms with van der Waals surface area (Å²) in [5.74, 6) is -2.55. The third-order valence-corrected chi connectivity index (χ3v) is 3.66. The summed E-state index contributed by atoms with van der Waals surface area (Å²) < 4.78 is 59.5. The molecule has 136 valence electrons. The highest BCUT2D eigenvalue weighted by molar-refractivity contribution is 5.21. The molecule has 0 aliphatic heterocycles. The lowest BCUT2D eigenvalue weighted by Crippen LogP contribution is -2.40. The summed E-state index contributed by atoms with van der Waals surface area (Å²) in [7, 11) is 0. The van der Waals surface area contributed by atoms with Crippen molar-refractivity contribution in [2.45, 2.75) is 51.7 Å². The molecule has 5 heteroatoms. The summed E-state index contributed by atoms with van der Waals surface area (Å²) in [6, 6.07) is 6.71. The maximum atomic E-state index is 13.4. The van der Waals surface area contributed by atoms with Gasteiger partial charge in [0.1, 0.15) is 23.3 Å². The zero-order valence-electron chi connectivity index (χ0n) is 14.8. The normalized spacial score (nSPS) is 12.5. The van der Waals surface area contributed by atoms with Crippen LogP contribution in [0.2, 0.25) is 0 Å². The lowest BCUT2D eigenvalue weighted by molar-refractivity contribution is -0.121. The predicted molar refractivity (Wildman–Crippen MR) is 89.4 cm³/mol. The van der Waals surface area contributed by atoms with Crippen LogP contribution in [0.1, 0.15) is 38.8 Å². The molecule has 0 spiro atoms. The van der Waals surface area contributed by atoms with E-state index in [0.29, 0.717) is 24.0 Å². The molecule has 0 fully saturated rings. The number of rotatable bonds is 6. The highest BCUT2D eigenvalue weighted by Crippen LogP contribution is 2.28. The highest BCUT2D eigenvalue weighted by Gasteiger charge is 2.30. The largest absolute Gasteiger partial charge is 0.369 e. The number of halogens is 4. The van der Waals surface area contributed by atoms with E-state index in [9.17, 15) is 17.6 Å². The highest BCUT2D eigenvalue weighted by atomic mass is 19.1.